The first kappa shape index (κ1) is 22.5. The van der Waals surface area contributed by atoms with Crippen LogP contribution in [0.5, 0.6) is 0 Å². The molecular weight excluding hydrogens is 308 g/mol. The van der Waals surface area contributed by atoms with Crippen LogP contribution in [0, 0.1) is 0 Å². The number of hydrogen-bond donors (Lipinski definition) is 0. The Morgan fingerprint density at radius 2 is 1.12 bits per heavy atom. The zero-order valence-corrected chi connectivity index (χ0v) is 16.8. The van der Waals surface area contributed by atoms with Crippen molar-refractivity contribution in [3.63, 3.8) is 0 Å². The molecule has 0 bridgehead atoms. The molecular formula is C18H36N2O4. The first-order valence-corrected chi connectivity index (χ1v) is 8.96. The Labute approximate surface area is 147 Å². The molecule has 0 saturated carbocycles. The standard InChI is InChI=1S/C18H36N2O4/c1-10-16(24-18(22)20(14(6)7)15(8)9)11-23-17(21)19(12(2)3)13(4)5/h12-16H,10-11H2,1-9H3. The minimum Gasteiger partial charge on any atom is -0.445 e. The van der Waals surface area contributed by atoms with E-state index in [1.807, 2.05) is 62.3 Å². The number of amides is 2. The minimum absolute atomic E-state index is 0.0509. The summed E-state index contributed by atoms with van der Waals surface area (Å²) in [5, 5.41) is 0. The molecule has 0 aliphatic carbocycles. The maximum atomic E-state index is 12.3. The Bertz CT molecular complexity index is 378. The summed E-state index contributed by atoms with van der Waals surface area (Å²) in [6, 6.07) is 0.208. The predicted octanol–water partition coefficient (Wildman–Crippen LogP) is 4.28. The number of carbonyl (C=O) groups is 2. The van der Waals surface area contributed by atoms with Gasteiger partial charge in [0.1, 0.15) is 12.7 Å². The Balaban J connectivity index is 4.72. The second-order valence-corrected chi connectivity index (χ2v) is 7.18. The number of carbonyl (C=O) groups excluding carboxylic acids is 2. The van der Waals surface area contributed by atoms with Crippen molar-refractivity contribution in [1.82, 2.24) is 9.80 Å². The van der Waals surface area contributed by atoms with Crippen LogP contribution in [0.3, 0.4) is 0 Å². The molecule has 0 radical (unpaired) electrons. The SMILES string of the molecule is CCC(COC(=O)N(C(C)C)C(C)C)OC(=O)N(C(C)C)C(C)C. The molecule has 0 aromatic heterocycles. The number of hydrogen-bond acceptors (Lipinski definition) is 4. The van der Waals surface area contributed by atoms with Gasteiger partial charge < -0.3 is 19.3 Å². The Morgan fingerprint density at radius 1 is 0.750 bits per heavy atom. The van der Waals surface area contributed by atoms with E-state index in [2.05, 4.69) is 0 Å². The second kappa shape index (κ2) is 10.4. The fourth-order valence-corrected chi connectivity index (χ4v) is 2.71. The molecule has 142 valence electrons. The van der Waals surface area contributed by atoms with E-state index in [4.69, 9.17) is 9.47 Å². The lowest BCUT2D eigenvalue weighted by Crippen LogP contribution is -2.45. The van der Waals surface area contributed by atoms with Crippen LogP contribution < -0.4 is 0 Å². The van der Waals surface area contributed by atoms with E-state index in [0.717, 1.165) is 0 Å². The maximum Gasteiger partial charge on any atom is 0.410 e. The average molecular weight is 344 g/mol. The van der Waals surface area contributed by atoms with Crippen molar-refractivity contribution in [2.45, 2.75) is 99.0 Å². The highest BCUT2D eigenvalue weighted by Gasteiger charge is 2.26. The van der Waals surface area contributed by atoms with Gasteiger partial charge in [0.05, 0.1) is 0 Å². The molecule has 0 aliphatic heterocycles. The summed E-state index contributed by atoms with van der Waals surface area (Å²) < 4.78 is 10.9. The molecule has 0 fully saturated rings. The minimum atomic E-state index is -0.442. The van der Waals surface area contributed by atoms with Crippen LogP contribution in [-0.2, 0) is 9.47 Å². The number of rotatable bonds is 8. The molecule has 6 nitrogen and oxygen atoms in total. The fraction of sp³-hybridized carbons (Fsp3) is 0.889. The monoisotopic (exact) mass is 344 g/mol. The van der Waals surface area contributed by atoms with Crippen molar-refractivity contribution in [3.05, 3.63) is 0 Å². The first-order chi connectivity index (χ1) is 11.0. The van der Waals surface area contributed by atoms with Gasteiger partial charge in [0.25, 0.3) is 0 Å². The lowest BCUT2D eigenvalue weighted by atomic mass is 10.2. The van der Waals surface area contributed by atoms with Crippen LogP contribution in [0.4, 0.5) is 9.59 Å². The van der Waals surface area contributed by atoms with Crippen LogP contribution in [0.2, 0.25) is 0 Å². The van der Waals surface area contributed by atoms with Crippen LogP contribution in [0.1, 0.15) is 68.7 Å². The smallest absolute Gasteiger partial charge is 0.410 e. The van der Waals surface area contributed by atoms with Crippen molar-refractivity contribution in [3.8, 4) is 0 Å². The zero-order valence-electron chi connectivity index (χ0n) is 16.8. The molecule has 0 spiro atoms. The molecule has 0 rings (SSSR count). The zero-order chi connectivity index (χ0) is 19.0. The molecule has 0 heterocycles. The number of ether oxygens (including phenoxy) is 2. The van der Waals surface area contributed by atoms with Crippen molar-refractivity contribution in [2.24, 2.45) is 0 Å². The highest BCUT2D eigenvalue weighted by Crippen LogP contribution is 2.12. The van der Waals surface area contributed by atoms with Gasteiger partial charge in [0.2, 0.25) is 0 Å². The van der Waals surface area contributed by atoms with Crippen LogP contribution in [0.15, 0.2) is 0 Å². The van der Waals surface area contributed by atoms with E-state index in [1.165, 1.54) is 0 Å². The molecule has 1 atom stereocenters. The summed E-state index contributed by atoms with van der Waals surface area (Å²) >= 11 is 0. The summed E-state index contributed by atoms with van der Waals surface area (Å²) in [7, 11) is 0. The normalized spacial score (nSPS) is 12.7. The topological polar surface area (TPSA) is 59.1 Å². The van der Waals surface area contributed by atoms with Crippen molar-refractivity contribution >= 4 is 12.2 Å². The van der Waals surface area contributed by atoms with Crippen LogP contribution >= 0.6 is 0 Å². The van der Waals surface area contributed by atoms with Gasteiger partial charge in [-0.05, 0) is 61.8 Å². The van der Waals surface area contributed by atoms with Gasteiger partial charge in [0.15, 0.2) is 0 Å². The first-order valence-electron chi connectivity index (χ1n) is 8.96. The molecule has 0 aliphatic rings. The summed E-state index contributed by atoms with van der Waals surface area (Å²) in [5.74, 6) is 0. The van der Waals surface area contributed by atoms with Crippen molar-refractivity contribution in [1.29, 1.82) is 0 Å². The van der Waals surface area contributed by atoms with Gasteiger partial charge in [-0.3, -0.25) is 0 Å². The van der Waals surface area contributed by atoms with Crippen LogP contribution in [-0.4, -0.2) is 58.9 Å². The quantitative estimate of drug-likeness (QED) is 0.659. The van der Waals surface area contributed by atoms with Gasteiger partial charge >= 0.3 is 12.2 Å². The summed E-state index contributed by atoms with van der Waals surface area (Å²) in [6.45, 7) is 17.6. The van der Waals surface area contributed by atoms with E-state index in [-0.39, 0.29) is 43.0 Å². The largest absolute Gasteiger partial charge is 0.445 e. The Morgan fingerprint density at radius 3 is 1.46 bits per heavy atom. The van der Waals surface area contributed by atoms with E-state index in [9.17, 15) is 9.59 Å². The van der Waals surface area contributed by atoms with E-state index in [0.29, 0.717) is 6.42 Å². The summed E-state index contributed by atoms with van der Waals surface area (Å²) in [4.78, 5) is 27.9. The molecule has 0 aromatic carbocycles. The molecule has 1 unspecified atom stereocenters. The lowest BCUT2D eigenvalue weighted by molar-refractivity contribution is 0.00186. The van der Waals surface area contributed by atoms with E-state index in [1.54, 1.807) is 9.80 Å². The highest BCUT2D eigenvalue weighted by atomic mass is 16.6. The Hall–Kier alpha value is -1.46. The van der Waals surface area contributed by atoms with Gasteiger partial charge in [0, 0.05) is 24.2 Å². The van der Waals surface area contributed by atoms with Gasteiger partial charge in [-0.1, -0.05) is 6.92 Å². The van der Waals surface area contributed by atoms with Crippen molar-refractivity contribution in [2.75, 3.05) is 6.61 Å². The van der Waals surface area contributed by atoms with Gasteiger partial charge in [-0.2, -0.15) is 0 Å². The maximum absolute atomic E-state index is 12.3. The summed E-state index contributed by atoms with van der Waals surface area (Å²) in [6.07, 6.45) is -0.596. The molecule has 2 amide bonds. The Kier molecular flexibility index (Phi) is 9.78. The number of nitrogens with zero attached hydrogens (tertiary/aromatic N) is 2. The lowest BCUT2D eigenvalue weighted by Gasteiger charge is -2.32. The second-order valence-electron chi connectivity index (χ2n) is 7.18. The third-order valence-corrected chi connectivity index (χ3v) is 3.76. The summed E-state index contributed by atoms with van der Waals surface area (Å²) in [5.41, 5.74) is 0. The predicted molar refractivity (Wildman–Crippen MR) is 96.1 cm³/mol. The molecule has 0 saturated heterocycles. The molecule has 6 heteroatoms. The molecule has 24 heavy (non-hydrogen) atoms. The third-order valence-electron chi connectivity index (χ3n) is 3.76. The third kappa shape index (κ3) is 6.97. The van der Waals surface area contributed by atoms with Gasteiger partial charge in [-0.15, -0.1) is 0 Å². The highest BCUT2D eigenvalue weighted by molar-refractivity contribution is 5.69. The molecule has 0 aromatic rings. The van der Waals surface area contributed by atoms with Crippen molar-refractivity contribution < 1.29 is 19.1 Å². The average Bonchev–Trinajstić information content (AvgIpc) is 2.41. The van der Waals surface area contributed by atoms with E-state index < -0.39 is 6.10 Å². The fourth-order valence-electron chi connectivity index (χ4n) is 2.71. The molecule has 0 N–H and O–H groups in total. The van der Waals surface area contributed by atoms with Crippen LogP contribution in [0.25, 0.3) is 0 Å². The van der Waals surface area contributed by atoms with Gasteiger partial charge in [-0.25, -0.2) is 9.59 Å². The van der Waals surface area contributed by atoms with E-state index >= 15 is 0 Å².